The number of rotatable bonds is 6. The van der Waals surface area contributed by atoms with Crippen LogP contribution < -0.4 is 0 Å². The van der Waals surface area contributed by atoms with E-state index < -0.39 is 6.67 Å². The summed E-state index contributed by atoms with van der Waals surface area (Å²) in [4.78, 5) is 11.0. The average molecular weight is 160 g/mol. The Balaban J connectivity index is 3.36. The lowest BCUT2D eigenvalue weighted by Crippen LogP contribution is -2.12. The number of halogens is 1. The van der Waals surface area contributed by atoms with E-state index in [9.17, 15) is 9.18 Å². The van der Waals surface area contributed by atoms with Crippen LogP contribution in [0.1, 0.15) is 39.5 Å². The molecule has 0 aliphatic heterocycles. The molecule has 11 heavy (non-hydrogen) atoms. The normalized spacial score (nSPS) is 13.0. The Hall–Kier alpha value is -0.400. The van der Waals surface area contributed by atoms with Crippen LogP contribution in [-0.2, 0) is 4.79 Å². The fraction of sp³-hybridized carbons (Fsp3) is 0.889. The summed E-state index contributed by atoms with van der Waals surface area (Å²) in [6.45, 7) is 3.22. The van der Waals surface area contributed by atoms with Crippen LogP contribution >= 0.6 is 0 Å². The van der Waals surface area contributed by atoms with Crippen LogP contribution in [0.4, 0.5) is 4.39 Å². The van der Waals surface area contributed by atoms with Crippen molar-refractivity contribution in [3.63, 3.8) is 0 Å². The maximum absolute atomic E-state index is 11.9. The van der Waals surface area contributed by atoms with E-state index >= 15 is 0 Å². The molecule has 0 radical (unpaired) electrons. The summed E-state index contributed by atoms with van der Waals surface area (Å²) in [6, 6.07) is 0. The molecular weight excluding hydrogens is 143 g/mol. The average Bonchev–Trinajstić information content (AvgIpc) is 2.03. The minimum Gasteiger partial charge on any atom is -0.299 e. The van der Waals surface area contributed by atoms with Crippen LogP contribution in [0.5, 0.6) is 0 Å². The van der Waals surface area contributed by atoms with Crippen molar-refractivity contribution in [3.8, 4) is 0 Å². The van der Waals surface area contributed by atoms with E-state index in [4.69, 9.17) is 0 Å². The molecule has 1 nitrogen and oxygen atoms in total. The third kappa shape index (κ3) is 4.93. The Morgan fingerprint density at radius 3 is 2.55 bits per heavy atom. The second-order valence-corrected chi connectivity index (χ2v) is 2.98. The van der Waals surface area contributed by atoms with E-state index in [1.165, 1.54) is 0 Å². The quantitative estimate of drug-likeness (QED) is 0.546. The third-order valence-corrected chi connectivity index (χ3v) is 1.81. The molecule has 0 aromatic rings. The first-order chi connectivity index (χ1) is 5.22. The van der Waals surface area contributed by atoms with Crippen molar-refractivity contribution in [1.29, 1.82) is 0 Å². The van der Waals surface area contributed by atoms with Gasteiger partial charge in [0.25, 0.3) is 0 Å². The van der Waals surface area contributed by atoms with Crippen molar-refractivity contribution < 1.29 is 9.18 Å². The van der Waals surface area contributed by atoms with Gasteiger partial charge in [-0.15, -0.1) is 0 Å². The van der Waals surface area contributed by atoms with E-state index in [2.05, 4.69) is 6.92 Å². The third-order valence-electron chi connectivity index (χ3n) is 1.81. The lowest BCUT2D eigenvalue weighted by atomic mass is 10.0. The van der Waals surface area contributed by atoms with Crippen LogP contribution in [0.15, 0.2) is 0 Å². The number of Topliss-reactive ketones (excluding diaryl/α,β-unsaturated/α-hetero) is 1. The summed E-state index contributed by atoms with van der Waals surface area (Å²) in [5, 5.41) is 0. The smallest absolute Gasteiger partial charge is 0.138 e. The molecular formula is C9H17FO. The highest BCUT2D eigenvalue weighted by Gasteiger charge is 2.10. The van der Waals surface area contributed by atoms with Crippen molar-refractivity contribution in [3.05, 3.63) is 0 Å². The molecule has 0 aromatic heterocycles. The Kier molecular flexibility index (Phi) is 6.09. The van der Waals surface area contributed by atoms with Crippen LogP contribution in [0.25, 0.3) is 0 Å². The fourth-order valence-electron chi connectivity index (χ4n) is 0.882. The highest BCUT2D eigenvalue weighted by atomic mass is 19.1. The van der Waals surface area contributed by atoms with Crippen molar-refractivity contribution in [1.82, 2.24) is 0 Å². The number of carbonyl (C=O) groups is 1. The SMILES string of the molecule is CCCCCC(=O)C(C)CF. The van der Waals surface area contributed by atoms with E-state index in [1.807, 2.05) is 0 Å². The molecule has 66 valence electrons. The van der Waals surface area contributed by atoms with Gasteiger partial charge in [0.1, 0.15) is 5.78 Å². The van der Waals surface area contributed by atoms with Crippen LogP contribution in [0, 0.1) is 5.92 Å². The zero-order valence-electron chi connectivity index (χ0n) is 7.40. The number of unbranched alkanes of at least 4 members (excludes halogenated alkanes) is 2. The predicted octanol–water partition coefficient (Wildman–Crippen LogP) is 2.74. The molecule has 0 saturated heterocycles. The minimum absolute atomic E-state index is 0.0703. The summed E-state index contributed by atoms with van der Waals surface area (Å²) in [7, 11) is 0. The van der Waals surface area contributed by atoms with Gasteiger partial charge >= 0.3 is 0 Å². The van der Waals surface area contributed by atoms with Gasteiger partial charge in [-0.05, 0) is 6.42 Å². The van der Waals surface area contributed by atoms with Gasteiger partial charge in [0.15, 0.2) is 0 Å². The van der Waals surface area contributed by atoms with Gasteiger partial charge in [-0.2, -0.15) is 0 Å². The first kappa shape index (κ1) is 10.6. The Labute approximate surface area is 68.0 Å². The Morgan fingerprint density at radius 1 is 1.45 bits per heavy atom. The van der Waals surface area contributed by atoms with Crippen LogP contribution in [0.2, 0.25) is 0 Å². The van der Waals surface area contributed by atoms with Gasteiger partial charge in [0.05, 0.1) is 6.67 Å². The Morgan fingerprint density at radius 2 is 2.09 bits per heavy atom. The van der Waals surface area contributed by atoms with E-state index in [0.29, 0.717) is 6.42 Å². The van der Waals surface area contributed by atoms with Crippen LogP contribution in [0.3, 0.4) is 0 Å². The zero-order valence-corrected chi connectivity index (χ0v) is 7.40. The molecule has 0 heterocycles. The highest BCUT2D eigenvalue weighted by Crippen LogP contribution is 2.06. The minimum atomic E-state index is -0.509. The molecule has 0 N–H and O–H groups in total. The predicted molar refractivity (Wildman–Crippen MR) is 44.3 cm³/mol. The molecule has 0 aliphatic rings. The molecule has 0 amide bonds. The molecule has 0 aromatic carbocycles. The maximum atomic E-state index is 11.9. The fourth-order valence-corrected chi connectivity index (χ4v) is 0.882. The maximum Gasteiger partial charge on any atom is 0.138 e. The van der Waals surface area contributed by atoms with Crippen molar-refractivity contribution in [2.75, 3.05) is 6.67 Å². The monoisotopic (exact) mass is 160 g/mol. The zero-order chi connectivity index (χ0) is 8.69. The van der Waals surface area contributed by atoms with Gasteiger partial charge in [-0.3, -0.25) is 9.18 Å². The number of ketones is 1. The molecule has 0 bridgehead atoms. The largest absolute Gasteiger partial charge is 0.299 e. The van der Waals surface area contributed by atoms with Crippen molar-refractivity contribution in [2.45, 2.75) is 39.5 Å². The van der Waals surface area contributed by atoms with Crippen molar-refractivity contribution in [2.24, 2.45) is 5.92 Å². The molecule has 0 fully saturated rings. The molecule has 2 heteroatoms. The first-order valence-corrected chi connectivity index (χ1v) is 4.31. The topological polar surface area (TPSA) is 17.1 Å². The highest BCUT2D eigenvalue weighted by molar-refractivity contribution is 5.80. The van der Waals surface area contributed by atoms with Gasteiger partial charge in [0, 0.05) is 12.3 Å². The standard InChI is InChI=1S/C9H17FO/c1-3-4-5-6-9(11)8(2)7-10/h8H,3-7H2,1-2H3. The lowest BCUT2D eigenvalue weighted by Gasteiger charge is -2.03. The van der Waals surface area contributed by atoms with E-state index in [-0.39, 0.29) is 11.7 Å². The van der Waals surface area contributed by atoms with Crippen molar-refractivity contribution >= 4 is 5.78 Å². The molecule has 0 aliphatic carbocycles. The number of hydrogen-bond acceptors (Lipinski definition) is 1. The van der Waals surface area contributed by atoms with Gasteiger partial charge in [-0.25, -0.2) is 0 Å². The second-order valence-electron chi connectivity index (χ2n) is 2.98. The van der Waals surface area contributed by atoms with E-state index in [0.717, 1.165) is 19.3 Å². The summed E-state index contributed by atoms with van der Waals surface area (Å²) in [5.74, 6) is -0.312. The second kappa shape index (κ2) is 6.32. The molecule has 1 unspecified atom stereocenters. The summed E-state index contributed by atoms with van der Waals surface area (Å²) in [5.41, 5.74) is 0. The van der Waals surface area contributed by atoms with Gasteiger partial charge in [0.2, 0.25) is 0 Å². The molecule has 0 spiro atoms. The first-order valence-electron chi connectivity index (χ1n) is 4.31. The summed E-state index contributed by atoms with van der Waals surface area (Å²) in [6.07, 6.45) is 3.65. The number of alkyl halides is 1. The van der Waals surface area contributed by atoms with E-state index in [1.54, 1.807) is 6.92 Å². The van der Waals surface area contributed by atoms with Crippen LogP contribution in [-0.4, -0.2) is 12.5 Å². The Bertz CT molecular complexity index is 112. The van der Waals surface area contributed by atoms with Gasteiger partial charge in [-0.1, -0.05) is 26.7 Å². The number of hydrogen-bond donors (Lipinski definition) is 0. The summed E-state index contributed by atoms with van der Waals surface area (Å²) >= 11 is 0. The molecule has 0 rings (SSSR count). The molecule has 0 saturated carbocycles. The lowest BCUT2D eigenvalue weighted by molar-refractivity contribution is -0.122. The molecule has 1 atom stereocenters. The number of carbonyl (C=O) groups excluding carboxylic acids is 1. The summed E-state index contributed by atoms with van der Waals surface area (Å²) < 4.78 is 11.9. The van der Waals surface area contributed by atoms with Gasteiger partial charge < -0.3 is 0 Å².